The number of halogens is 1. The Kier molecular flexibility index (Phi) is 4.84. The lowest BCUT2D eigenvalue weighted by atomic mass is 9.95. The summed E-state index contributed by atoms with van der Waals surface area (Å²) >= 11 is 0. The molecule has 2 heterocycles. The summed E-state index contributed by atoms with van der Waals surface area (Å²) in [5, 5.41) is 4.46. The highest BCUT2D eigenvalue weighted by Gasteiger charge is 2.26. The van der Waals surface area contributed by atoms with E-state index in [1.807, 2.05) is 0 Å². The molecule has 2 N–H and O–H groups in total. The molecule has 0 aliphatic heterocycles. The highest BCUT2D eigenvalue weighted by Crippen LogP contribution is 2.27. The quantitative estimate of drug-likeness (QED) is 0.684. The summed E-state index contributed by atoms with van der Waals surface area (Å²) in [7, 11) is 0. The predicted octanol–water partition coefficient (Wildman–Crippen LogP) is 2.36. The third-order valence-corrected chi connectivity index (χ3v) is 4.68. The van der Waals surface area contributed by atoms with Crippen molar-refractivity contribution in [3.63, 3.8) is 0 Å². The Morgan fingerprint density at radius 3 is 2.50 bits per heavy atom. The Morgan fingerprint density at radius 1 is 1.00 bits per heavy atom. The van der Waals surface area contributed by atoms with Crippen LogP contribution in [0.2, 0.25) is 0 Å². The largest absolute Gasteiger partial charge is 0.290 e. The maximum Gasteiger partial charge on any atom is 0.290 e. The number of benzene rings is 1. The fourth-order valence-corrected chi connectivity index (χ4v) is 3.32. The Morgan fingerprint density at radius 2 is 1.75 bits per heavy atom. The van der Waals surface area contributed by atoms with Crippen LogP contribution in [0.25, 0.3) is 5.69 Å². The molecule has 28 heavy (non-hydrogen) atoms. The van der Waals surface area contributed by atoms with E-state index in [4.69, 9.17) is 0 Å². The van der Waals surface area contributed by atoms with E-state index < -0.39 is 11.8 Å². The molecule has 8 heteroatoms. The molecule has 0 unspecified atom stereocenters. The van der Waals surface area contributed by atoms with Gasteiger partial charge >= 0.3 is 0 Å². The lowest BCUT2D eigenvalue weighted by molar-refractivity contribution is 0.0843. The Bertz CT molecular complexity index is 1020. The summed E-state index contributed by atoms with van der Waals surface area (Å²) in [6.45, 7) is 0. The summed E-state index contributed by atoms with van der Waals surface area (Å²) in [5.74, 6) is -1.29. The van der Waals surface area contributed by atoms with Crippen LogP contribution in [0.3, 0.4) is 0 Å². The van der Waals surface area contributed by atoms with E-state index in [9.17, 15) is 14.0 Å². The van der Waals surface area contributed by atoms with Crippen molar-refractivity contribution in [3.8, 4) is 5.69 Å². The molecular weight excluding hydrogens is 361 g/mol. The van der Waals surface area contributed by atoms with Gasteiger partial charge in [-0.25, -0.2) is 9.07 Å². The maximum atomic E-state index is 13.3. The zero-order chi connectivity index (χ0) is 19.5. The molecule has 0 saturated heterocycles. The zero-order valence-corrected chi connectivity index (χ0v) is 15.0. The van der Waals surface area contributed by atoms with Gasteiger partial charge in [0, 0.05) is 23.7 Å². The minimum Gasteiger partial charge on any atom is -0.267 e. The number of pyridine rings is 1. The Hall–Kier alpha value is -3.55. The van der Waals surface area contributed by atoms with Crippen molar-refractivity contribution >= 4 is 11.8 Å². The van der Waals surface area contributed by atoms with Crippen molar-refractivity contribution in [2.45, 2.75) is 25.7 Å². The summed E-state index contributed by atoms with van der Waals surface area (Å²) in [4.78, 5) is 28.7. The molecule has 0 radical (unpaired) electrons. The van der Waals surface area contributed by atoms with Gasteiger partial charge in [0.1, 0.15) is 5.82 Å². The van der Waals surface area contributed by atoms with Gasteiger partial charge in [0.2, 0.25) is 0 Å². The van der Waals surface area contributed by atoms with E-state index in [1.54, 1.807) is 35.1 Å². The molecule has 2 amide bonds. The van der Waals surface area contributed by atoms with Crippen molar-refractivity contribution in [2.24, 2.45) is 0 Å². The van der Waals surface area contributed by atoms with Crippen LogP contribution in [0.5, 0.6) is 0 Å². The lowest BCUT2D eigenvalue weighted by Gasteiger charge is -2.14. The van der Waals surface area contributed by atoms with Crippen molar-refractivity contribution in [2.75, 3.05) is 0 Å². The fourth-order valence-electron chi connectivity index (χ4n) is 3.32. The van der Waals surface area contributed by atoms with Gasteiger partial charge in [-0.05, 0) is 62.1 Å². The summed E-state index contributed by atoms with van der Waals surface area (Å²) in [6.07, 6.45) is 6.45. The van der Waals surface area contributed by atoms with Crippen LogP contribution in [-0.4, -0.2) is 26.6 Å². The van der Waals surface area contributed by atoms with E-state index in [0.29, 0.717) is 11.3 Å². The molecule has 3 aromatic rings. The van der Waals surface area contributed by atoms with Crippen LogP contribution >= 0.6 is 0 Å². The van der Waals surface area contributed by atoms with Crippen molar-refractivity contribution < 1.29 is 14.0 Å². The Balaban J connectivity index is 1.58. The fraction of sp³-hybridized carbons (Fsp3) is 0.200. The minimum absolute atomic E-state index is 0.269. The number of hydrazine groups is 1. The van der Waals surface area contributed by atoms with Gasteiger partial charge in [0.05, 0.1) is 11.3 Å². The standard InChI is InChI=1S/C20H18FN5O2/c21-14-7-9-15(10-8-14)26-17-6-2-1-5-16(17)18(25-26)20(28)24-23-19(27)13-4-3-11-22-12-13/h3-4,7-12H,1-2,5-6H2,(H,23,27)(H,24,28). The number of hydrogen-bond acceptors (Lipinski definition) is 4. The molecule has 1 aromatic carbocycles. The number of amides is 2. The van der Waals surface area contributed by atoms with Crippen molar-refractivity contribution in [1.82, 2.24) is 25.6 Å². The molecule has 2 aromatic heterocycles. The third-order valence-electron chi connectivity index (χ3n) is 4.68. The van der Waals surface area contributed by atoms with Gasteiger partial charge in [0.15, 0.2) is 5.69 Å². The van der Waals surface area contributed by atoms with E-state index >= 15 is 0 Å². The number of nitrogens with one attached hydrogen (secondary N) is 2. The predicted molar refractivity (Wildman–Crippen MR) is 99.3 cm³/mol. The van der Waals surface area contributed by atoms with Crippen LogP contribution in [0.4, 0.5) is 4.39 Å². The van der Waals surface area contributed by atoms with Gasteiger partial charge in [-0.2, -0.15) is 5.10 Å². The average molecular weight is 379 g/mol. The molecule has 1 aliphatic rings. The first kappa shape index (κ1) is 17.8. The van der Waals surface area contributed by atoms with Crippen LogP contribution in [0, 0.1) is 5.82 Å². The molecule has 0 atom stereocenters. The van der Waals surface area contributed by atoms with Crippen LogP contribution < -0.4 is 10.9 Å². The summed E-state index contributed by atoms with van der Waals surface area (Å²) < 4.78 is 14.9. The molecule has 1 aliphatic carbocycles. The average Bonchev–Trinajstić information content (AvgIpc) is 3.13. The van der Waals surface area contributed by atoms with Crippen molar-refractivity contribution in [3.05, 3.63) is 77.1 Å². The molecular formula is C20H18FN5O2. The molecule has 7 nitrogen and oxygen atoms in total. The highest BCUT2D eigenvalue weighted by molar-refractivity contribution is 5.98. The van der Waals surface area contributed by atoms with E-state index in [2.05, 4.69) is 20.9 Å². The first-order chi connectivity index (χ1) is 13.6. The summed E-state index contributed by atoms with van der Waals surface area (Å²) in [6, 6.07) is 9.21. The third kappa shape index (κ3) is 3.48. The Labute approximate surface area is 160 Å². The van der Waals surface area contributed by atoms with Crippen molar-refractivity contribution in [1.29, 1.82) is 0 Å². The van der Waals surface area contributed by atoms with Gasteiger partial charge in [-0.15, -0.1) is 0 Å². The topological polar surface area (TPSA) is 88.9 Å². The second-order valence-electron chi connectivity index (χ2n) is 6.52. The molecule has 0 bridgehead atoms. The van der Waals surface area contributed by atoms with Gasteiger partial charge < -0.3 is 0 Å². The molecule has 4 rings (SSSR count). The highest BCUT2D eigenvalue weighted by atomic mass is 19.1. The number of hydrogen-bond donors (Lipinski definition) is 2. The van der Waals surface area contributed by atoms with Crippen LogP contribution in [0.1, 0.15) is 44.9 Å². The number of rotatable bonds is 3. The van der Waals surface area contributed by atoms with Gasteiger partial charge in [-0.3, -0.25) is 25.4 Å². The number of carbonyl (C=O) groups excluding carboxylic acids is 2. The molecule has 0 fully saturated rings. The monoisotopic (exact) mass is 379 g/mol. The lowest BCUT2D eigenvalue weighted by Crippen LogP contribution is -2.42. The summed E-state index contributed by atoms with van der Waals surface area (Å²) in [5.41, 5.74) is 7.91. The van der Waals surface area contributed by atoms with Gasteiger partial charge in [0.25, 0.3) is 11.8 Å². The number of carbonyl (C=O) groups is 2. The first-order valence-corrected chi connectivity index (χ1v) is 9.01. The van der Waals surface area contributed by atoms with Gasteiger partial charge in [-0.1, -0.05) is 0 Å². The normalized spacial score (nSPS) is 12.9. The second kappa shape index (κ2) is 7.59. The molecule has 142 valence electrons. The second-order valence-corrected chi connectivity index (χ2v) is 6.52. The van der Waals surface area contributed by atoms with Crippen LogP contribution in [-0.2, 0) is 12.8 Å². The zero-order valence-electron chi connectivity index (χ0n) is 15.0. The van der Waals surface area contributed by atoms with E-state index in [0.717, 1.165) is 36.9 Å². The molecule has 0 saturated carbocycles. The van der Waals surface area contributed by atoms with E-state index in [-0.39, 0.29) is 11.5 Å². The SMILES string of the molecule is O=C(NNC(=O)c1nn(-c2ccc(F)cc2)c2c1CCCC2)c1cccnc1. The minimum atomic E-state index is -0.490. The maximum absolute atomic E-state index is 13.3. The first-order valence-electron chi connectivity index (χ1n) is 9.01. The van der Waals surface area contributed by atoms with Crippen LogP contribution in [0.15, 0.2) is 48.8 Å². The number of aromatic nitrogens is 3. The number of fused-ring (bicyclic) bond motifs is 1. The van der Waals surface area contributed by atoms with E-state index in [1.165, 1.54) is 18.3 Å². The smallest absolute Gasteiger partial charge is 0.267 e. The molecule has 0 spiro atoms. The number of nitrogens with zero attached hydrogens (tertiary/aromatic N) is 3.